The van der Waals surface area contributed by atoms with Crippen LogP contribution in [0.5, 0.6) is 0 Å². The van der Waals surface area contributed by atoms with Crippen LogP contribution in [0.3, 0.4) is 0 Å². The van der Waals surface area contributed by atoms with Gasteiger partial charge in [-0.3, -0.25) is 14.5 Å². The molecule has 1 saturated carbocycles. The molecule has 138 valence electrons. The number of hydrogen-bond acceptors (Lipinski definition) is 3. The highest BCUT2D eigenvalue weighted by Crippen LogP contribution is 2.39. The second-order valence-electron chi connectivity index (χ2n) is 7.71. The van der Waals surface area contributed by atoms with E-state index in [4.69, 9.17) is 0 Å². The second kappa shape index (κ2) is 6.41. The Morgan fingerprint density at radius 3 is 2.58 bits per heavy atom. The Kier molecular flexibility index (Phi) is 4.21. The molecule has 6 heteroatoms. The summed E-state index contributed by atoms with van der Waals surface area (Å²) in [6.07, 6.45) is 7.64. The minimum Gasteiger partial charge on any atom is -0.325 e. The highest BCUT2D eigenvalue weighted by Gasteiger charge is 2.55. The predicted molar refractivity (Wildman–Crippen MR) is 97.8 cm³/mol. The fraction of sp³-hybridized carbons (Fsp3) is 0.550. The van der Waals surface area contributed by atoms with Crippen molar-refractivity contribution in [3.8, 4) is 0 Å². The number of nitrogens with zero attached hydrogens (tertiary/aromatic N) is 2. The molecule has 2 aliphatic carbocycles. The van der Waals surface area contributed by atoms with E-state index in [-0.39, 0.29) is 24.4 Å². The number of likely N-dealkylation sites (N-methyl/N-ethyl adjacent to an activating group) is 1. The van der Waals surface area contributed by atoms with E-state index in [2.05, 4.69) is 11.4 Å². The van der Waals surface area contributed by atoms with Gasteiger partial charge in [0.25, 0.3) is 5.91 Å². The van der Waals surface area contributed by atoms with Crippen molar-refractivity contribution >= 4 is 23.5 Å². The van der Waals surface area contributed by atoms with Gasteiger partial charge in [0.05, 0.1) is 0 Å². The Morgan fingerprint density at radius 2 is 1.81 bits per heavy atom. The van der Waals surface area contributed by atoms with Gasteiger partial charge in [-0.1, -0.05) is 25.3 Å². The van der Waals surface area contributed by atoms with Crippen molar-refractivity contribution in [2.24, 2.45) is 0 Å². The summed E-state index contributed by atoms with van der Waals surface area (Å²) in [4.78, 5) is 40.6. The number of aryl methyl sites for hydroxylation is 2. The molecule has 1 aromatic carbocycles. The van der Waals surface area contributed by atoms with Gasteiger partial charge in [0.15, 0.2) is 0 Å². The van der Waals surface area contributed by atoms with Crippen LogP contribution in [0.4, 0.5) is 10.5 Å². The van der Waals surface area contributed by atoms with Gasteiger partial charge >= 0.3 is 6.03 Å². The van der Waals surface area contributed by atoms with Crippen LogP contribution in [-0.4, -0.2) is 46.8 Å². The van der Waals surface area contributed by atoms with Crippen LogP contribution >= 0.6 is 0 Å². The van der Waals surface area contributed by atoms with Crippen LogP contribution in [-0.2, 0) is 22.4 Å². The molecule has 1 saturated heterocycles. The molecule has 0 radical (unpaired) electrons. The molecule has 0 atom stereocenters. The van der Waals surface area contributed by atoms with E-state index in [1.165, 1.54) is 11.1 Å². The van der Waals surface area contributed by atoms with Crippen molar-refractivity contribution in [3.63, 3.8) is 0 Å². The van der Waals surface area contributed by atoms with Crippen molar-refractivity contribution < 1.29 is 14.4 Å². The average molecular weight is 355 g/mol. The first-order chi connectivity index (χ1) is 12.5. The standard InChI is InChI=1S/C20H25N3O3/c1-22-19(26)23(18(25)20(22)10-3-2-4-11-20)13-17(24)21-16-9-8-14-6-5-7-15(14)12-16/h8-9,12H,2-7,10-11,13H2,1H3,(H,21,24). The Hall–Kier alpha value is -2.37. The maximum Gasteiger partial charge on any atom is 0.327 e. The predicted octanol–water partition coefficient (Wildman–Crippen LogP) is 2.71. The zero-order valence-electron chi connectivity index (χ0n) is 15.2. The lowest BCUT2D eigenvalue weighted by Gasteiger charge is -2.35. The molecule has 1 aromatic rings. The second-order valence-corrected chi connectivity index (χ2v) is 7.71. The lowest BCUT2D eigenvalue weighted by Crippen LogP contribution is -2.49. The Labute approximate surface area is 153 Å². The van der Waals surface area contributed by atoms with Crippen molar-refractivity contribution in [2.75, 3.05) is 18.9 Å². The van der Waals surface area contributed by atoms with Gasteiger partial charge in [0, 0.05) is 12.7 Å². The van der Waals surface area contributed by atoms with Crippen LogP contribution < -0.4 is 5.32 Å². The molecule has 4 rings (SSSR count). The molecule has 4 amide bonds. The number of urea groups is 1. The number of fused-ring (bicyclic) bond motifs is 1. The van der Waals surface area contributed by atoms with Crippen molar-refractivity contribution in [2.45, 2.75) is 56.9 Å². The SMILES string of the molecule is CN1C(=O)N(CC(=O)Nc2ccc3c(c2)CCC3)C(=O)C12CCCCC2. The van der Waals surface area contributed by atoms with E-state index in [9.17, 15) is 14.4 Å². The monoisotopic (exact) mass is 355 g/mol. The topological polar surface area (TPSA) is 69.7 Å². The van der Waals surface area contributed by atoms with E-state index in [1.807, 2.05) is 12.1 Å². The van der Waals surface area contributed by atoms with E-state index < -0.39 is 5.54 Å². The van der Waals surface area contributed by atoms with Gasteiger partial charge in [0.1, 0.15) is 12.1 Å². The Morgan fingerprint density at radius 1 is 1.08 bits per heavy atom. The fourth-order valence-corrected chi connectivity index (χ4v) is 4.66. The number of hydrogen-bond donors (Lipinski definition) is 1. The first kappa shape index (κ1) is 17.1. The van der Waals surface area contributed by atoms with Crippen molar-refractivity contribution in [3.05, 3.63) is 29.3 Å². The molecular formula is C20H25N3O3. The maximum absolute atomic E-state index is 12.9. The van der Waals surface area contributed by atoms with Crippen LogP contribution in [0, 0.1) is 0 Å². The van der Waals surface area contributed by atoms with Gasteiger partial charge in [-0.05, 0) is 55.4 Å². The maximum atomic E-state index is 12.9. The van der Waals surface area contributed by atoms with Gasteiger partial charge in [-0.2, -0.15) is 0 Å². The third kappa shape index (κ3) is 2.68. The van der Waals surface area contributed by atoms with Crippen LogP contribution in [0.15, 0.2) is 18.2 Å². The summed E-state index contributed by atoms with van der Waals surface area (Å²) in [6, 6.07) is 5.59. The molecule has 3 aliphatic rings. The zero-order valence-corrected chi connectivity index (χ0v) is 15.2. The summed E-state index contributed by atoms with van der Waals surface area (Å²) in [7, 11) is 1.68. The lowest BCUT2D eigenvalue weighted by atomic mass is 9.81. The molecule has 1 N–H and O–H groups in total. The molecule has 6 nitrogen and oxygen atoms in total. The summed E-state index contributed by atoms with van der Waals surface area (Å²) in [5.74, 6) is -0.542. The third-order valence-electron chi connectivity index (χ3n) is 6.17. The van der Waals surface area contributed by atoms with Crippen LogP contribution in [0.2, 0.25) is 0 Å². The molecule has 26 heavy (non-hydrogen) atoms. The molecule has 0 unspecified atom stereocenters. The minimum atomic E-state index is -0.733. The normalized spacial score (nSPS) is 21.4. The number of carbonyl (C=O) groups excluding carboxylic acids is 3. The highest BCUT2D eigenvalue weighted by atomic mass is 16.2. The molecule has 1 aliphatic heterocycles. The Balaban J connectivity index is 1.45. The number of rotatable bonds is 3. The van der Waals surface area contributed by atoms with Crippen molar-refractivity contribution in [1.82, 2.24) is 9.80 Å². The summed E-state index contributed by atoms with van der Waals surface area (Å²) in [6.45, 7) is -0.221. The zero-order chi connectivity index (χ0) is 18.3. The molecule has 1 heterocycles. The van der Waals surface area contributed by atoms with E-state index >= 15 is 0 Å². The van der Waals surface area contributed by atoms with Gasteiger partial charge in [-0.25, -0.2) is 4.79 Å². The first-order valence-electron chi connectivity index (χ1n) is 9.53. The first-order valence-corrected chi connectivity index (χ1v) is 9.53. The summed E-state index contributed by atoms with van der Waals surface area (Å²) in [5, 5.41) is 2.84. The summed E-state index contributed by atoms with van der Waals surface area (Å²) < 4.78 is 0. The summed E-state index contributed by atoms with van der Waals surface area (Å²) in [5.41, 5.74) is 2.62. The molecule has 0 aromatic heterocycles. The number of amides is 4. The third-order valence-corrected chi connectivity index (χ3v) is 6.17. The van der Waals surface area contributed by atoms with E-state index in [0.29, 0.717) is 12.8 Å². The molecule has 0 bridgehead atoms. The number of anilines is 1. The number of carbonyl (C=O) groups is 3. The molecular weight excluding hydrogens is 330 g/mol. The number of benzene rings is 1. The van der Waals surface area contributed by atoms with Crippen molar-refractivity contribution in [1.29, 1.82) is 0 Å². The van der Waals surface area contributed by atoms with Gasteiger partial charge in [0.2, 0.25) is 5.91 Å². The fourth-order valence-electron chi connectivity index (χ4n) is 4.66. The Bertz CT molecular complexity index is 768. The largest absolute Gasteiger partial charge is 0.327 e. The lowest BCUT2D eigenvalue weighted by molar-refractivity contribution is -0.136. The molecule has 1 spiro atoms. The van der Waals surface area contributed by atoms with E-state index in [1.54, 1.807) is 11.9 Å². The minimum absolute atomic E-state index is 0.214. The summed E-state index contributed by atoms with van der Waals surface area (Å²) >= 11 is 0. The van der Waals surface area contributed by atoms with Gasteiger partial charge < -0.3 is 10.2 Å². The number of nitrogens with one attached hydrogen (secondary N) is 1. The van der Waals surface area contributed by atoms with Crippen LogP contribution in [0.1, 0.15) is 49.7 Å². The number of imide groups is 1. The quantitative estimate of drug-likeness (QED) is 0.848. The van der Waals surface area contributed by atoms with Gasteiger partial charge in [-0.15, -0.1) is 0 Å². The van der Waals surface area contributed by atoms with E-state index in [0.717, 1.165) is 49.1 Å². The average Bonchev–Trinajstić information content (AvgIpc) is 3.17. The highest BCUT2D eigenvalue weighted by molar-refractivity contribution is 6.10. The van der Waals surface area contributed by atoms with Crippen LogP contribution in [0.25, 0.3) is 0 Å². The smallest absolute Gasteiger partial charge is 0.325 e. The molecule has 2 fully saturated rings.